The van der Waals surface area contributed by atoms with E-state index in [4.69, 9.17) is 14.2 Å². The summed E-state index contributed by atoms with van der Waals surface area (Å²) >= 11 is 4.84. The number of allylic oxidation sites excluding steroid dienone is 4. The first kappa shape index (κ1) is 31.8. The monoisotopic (exact) mass is 662 g/mol. The largest absolute Gasteiger partial charge is 0.352 e. The van der Waals surface area contributed by atoms with Crippen molar-refractivity contribution in [1.29, 1.82) is 0 Å². The lowest BCUT2D eigenvalue weighted by atomic mass is 10.1. The molecular formula is C26H48I2O3. The highest BCUT2D eigenvalue weighted by Gasteiger charge is 2.10. The molecule has 0 aliphatic carbocycles. The second kappa shape index (κ2) is 27.1. The van der Waals surface area contributed by atoms with E-state index in [1.807, 2.05) is 0 Å². The summed E-state index contributed by atoms with van der Waals surface area (Å²) in [6.07, 6.45) is 26.2. The van der Waals surface area contributed by atoms with Gasteiger partial charge in [0.1, 0.15) is 13.6 Å². The fourth-order valence-electron chi connectivity index (χ4n) is 3.35. The van der Waals surface area contributed by atoms with E-state index >= 15 is 0 Å². The van der Waals surface area contributed by atoms with Gasteiger partial charge in [0.05, 0.1) is 12.2 Å². The molecule has 0 saturated heterocycles. The SMILES string of the molecule is CCCCCC(CC/C=C\CCI)OCOCOC(CC/C=C\CCI)CCCCC. The van der Waals surface area contributed by atoms with Crippen molar-refractivity contribution in [2.24, 2.45) is 0 Å². The molecule has 0 aliphatic rings. The van der Waals surface area contributed by atoms with E-state index in [0.717, 1.165) is 51.4 Å². The Balaban J connectivity index is 4.17. The Kier molecular flexibility index (Phi) is 27.8. The van der Waals surface area contributed by atoms with Gasteiger partial charge in [0.2, 0.25) is 0 Å². The zero-order valence-electron chi connectivity index (χ0n) is 20.2. The first-order valence-corrected chi connectivity index (χ1v) is 15.6. The van der Waals surface area contributed by atoms with Crippen LogP contribution in [-0.2, 0) is 14.2 Å². The number of hydrogen-bond donors (Lipinski definition) is 0. The van der Waals surface area contributed by atoms with Crippen molar-refractivity contribution < 1.29 is 14.2 Å². The van der Waals surface area contributed by atoms with Crippen LogP contribution >= 0.6 is 45.2 Å². The highest BCUT2D eigenvalue weighted by molar-refractivity contribution is 14.1. The van der Waals surface area contributed by atoms with Crippen molar-refractivity contribution in [3.05, 3.63) is 24.3 Å². The van der Waals surface area contributed by atoms with Gasteiger partial charge >= 0.3 is 0 Å². The third kappa shape index (κ3) is 23.8. The Morgan fingerprint density at radius 3 is 1.39 bits per heavy atom. The highest BCUT2D eigenvalue weighted by Crippen LogP contribution is 2.15. The third-order valence-corrected chi connectivity index (χ3v) is 6.47. The van der Waals surface area contributed by atoms with Crippen molar-refractivity contribution in [3.8, 4) is 0 Å². The molecule has 0 N–H and O–H groups in total. The summed E-state index contributed by atoms with van der Waals surface area (Å²) in [6.45, 7) is 5.18. The Bertz CT molecular complexity index is 366. The summed E-state index contributed by atoms with van der Waals surface area (Å²) in [6, 6.07) is 0. The molecule has 0 aliphatic heterocycles. The van der Waals surface area contributed by atoms with Gasteiger partial charge in [-0.25, -0.2) is 0 Å². The topological polar surface area (TPSA) is 27.7 Å². The van der Waals surface area contributed by atoms with Crippen LogP contribution in [0.3, 0.4) is 0 Å². The van der Waals surface area contributed by atoms with Crippen molar-refractivity contribution in [2.75, 3.05) is 22.4 Å². The van der Waals surface area contributed by atoms with E-state index in [9.17, 15) is 0 Å². The van der Waals surface area contributed by atoms with Crippen LogP contribution in [0, 0.1) is 0 Å². The Hall–Kier alpha value is 0.820. The zero-order valence-corrected chi connectivity index (χ0v) is 24.5. The van der Waals surface area contributed by atoms with Crippen LogP contribution in [0.15, 0.2) is 24.3 Å². The second-order valence-corrected chi connectivity index (χ2v) is 10.2. The van der Waals surface area contributed by atoms with Crippen LogP contribution < -0.4 is 0 Å². The first-order valence-electron chi connectivity index (χ1n) is 12.5. The molecule has 2 unspecified atom stereocenters. The molecule has 0 heterocycles. The first-order chi connectivity index (χ1) is 15.3. The lowest BCUT2D eigenvalue weighted by Crippen LogP contribution is -2.19. The molecule has 0 bridgehead atoms. The normalized spacial score (nSPS) is 14.1. The maximum absolute atomic E-state index is 6.05. The Labute approximate surface area is 220 Å². The molecular weight excluding hydrogens is 614 g/mol. The summed E-state index contributed by atoms with van der Waals surface area (Å²) in [5, 5.41) is 0. The summed E-state index contributed by atoms with van der Waals surface area (Å²) in [4.78, 5) is 0. The van der Waals surface area contributed by atoms with Gasteiger partial charge in [-0.15, -0.1) is 0 Å². The van der Waals surface area contributed by atoms with E-state index in [0.29, 0.717) is 25.8 Å². The lowest BCUT2D eigenvalue weighted by molar-refractivity contribution is -0.167. The predicted molar refractivity (Wildman–Crippen MR) is 153 cm³/mol. The maximum Gasteiger partial charge on any atom is 0.149 e. The van der Waals surface area contributed by atoms with Crippen LogP contribution in [0.1, 0.15) is 104 Å². The van der Waals surface area contributed by atoms with Gasteiger partial charge in [-0.3, -0.25) is 0 Å². The third-order valence-electron chi connectivity index (χ3n) is 5.23. The van der Waals surface area contributed by atoms with Crippen molar-refractivity contribution in [3.63, 3.8) is 0 Å². The molecule has 0 spiro atoms. The van der Waals surface area contributed by atoms with Crippen LogP contribution in [-0.4, -0.2) is 34.6 Å². The van der Waals surface area contributed by atoms with Gasteiger partial charge in [-0.1, -0.05) is 122 Å². The van der Waals surface area contributed by atoms with Crippen molar-refractivity contribution in [1.82, 2.24) is 0 Å². The van der Waals surface area contributed by atoms with E-state index < -0.39 is 0 Å². The Morgan fingerprint density at radius 2 is 1.00 bits per heavy atom. The molecule has 0 amide bonds. The fourth-order valence-corrected chi connectivity index (χ4v) is 4.07. The minimum atomic E-state index is 0.291. The molecule has 0 radical (unpaired) electrons. The summed E-state index contributed by atoms with van der Waals surface area (Å²) in [5.41, 5.74) is 0. The molecule has 0 aromatic heterocycles. The number of halogens is 2. The van der Waals surface area contributed by atoms with E-state index in [2.05, 4.69) is 83.3 Å². The average molecular weight is 662 g/mol. The smallest absolute Gasteiger partial charge is 0.149 e. The minimum Gasteiger partial charge on any atom is -0.352 e. The summed E-state index contributed by atoms with van der Waals surface area (Å²) in [7, 11) is 0. The summed E-state index contributed by atoms with van der Waals surface area (Å²) in [5.74, 6) is 0. The van der Waals surface area contributed by atoms with Gasteiger partial charge in [-0.2, -0.15) is 0 Å². The number of ether oxygens (including phenoxy) is 3. The Morgan fingerprint density at radius 1 is 0.581 bits per heavy atom. The second-order valence-electron chi connectivity index (χ2n) is 8.06. The van der Waals surface area contributed by atoms with Crippen LogP contribution in [0.2, 0.25) is 0 Å². The zero-order chi connectivity index (χ0) is 22.8. The van der Waals surface area contributed by atoms with Crippen LogP contribution in [0.5, 0.6) is 0 Å². The van der Waals surface area contributed by atoms with E-state index in [1.54, 1.807) is 0 Å². The molecule has 31 heavy (non-hydrogen) atoms. The average Bonchev–Trinajstić information content (AvgIpc) is 2.77. The molecule has 0 fully saturated rings. The maximum atomic E-state index is 6.05. The highest BCUT2D eigenvalue weighted by atomic mass is 127. The van der Waals surface area contributed by atoms with Gasteiger partial charge < -0.3 is 14.2 Å². The molecule has 0 aromatic carbocycles. The lowest BCUT2D eigenvalue weighted by Gasteiger charge is -2.19. The molecule has 184 valence electrons. The van der Waals surface area contributed by atoms with Crippen molar-refractivity contribution in [2.45, 2.75) is 116 Å². The molecule has 2 atom stereocenters. The predicted octanol–water partition coefficient (Wildman–Crippen LogP) is 9.17. The summed E-state index contributed by atoms with van der Waals surface area (Å²) < 4.78 is 20.2. The minimum absolute atomic E-state index is 0.291. The van der Waals surface area contributed by atoms with E-state index in [-0.39, 0.29) is 0 Å². The molecule has 5 heteroatoms. The van der Waals surface area contributed by atoms with Crippen LogP contribution in [0.4, 0.5) is 0 Å². The number of unbranched alkanes of at least 4 members (excludes halogenated alkanes) is 4. The number of rotatable bonds is 24. The molecule has 0 rings (SSSR count). The van der Waals surface area contributed by atoms with E-state index in [1.165, 1.54) is 47.4 Å². The molecule has 0 aromatic rings. The number of hydrogen-bond acceptors (Lipinski definition) is 3. The number of alkyl halides is 2. The van der Waals surface area contributed by atoms with Gasteiger partial charge in [0.15, 0.2) is 0 Å². The molecule has 3 nitrogen and oxygen atoms in total. The molecule has 0 saturated carbocycles. The quantitative estimate of drug-likeness (QED) is 0.0339. The van der Waals surface area contributed by atoms with Crippen LogP contribution in [0.25, 0.3) is 0 Å². The van der Waals surface area contributed by atoms with Gasteiger partial charge in [0, 0.05) is 8.86 Å². The van der Waals surface area contributed by atoms with Crippen molar-refractivity contribution >= 4 is 45.2 Å². The fraction of sp³-hybridized carbons (Fsp3) is 0.846. The van der Waals surface area contributed by atoms with Gasteiger partial charge in [0.25, 0.3) is 0 Å². The van der Waals surface area contributed by atoms with Gasteiger partial charge in [-0.05, 0) is 51.4 Å². The standard InChI is InChI=1S/C26H48I2O3/c1-3-5-11-17-25(19-13-7-9-15-21-27)30-23-29-24-31-26(18-12-6-4-2)20-14-8-10-16-22-28/h7-10,25-26H,3-6,11-24H2,1-2H3/b9-7-,10-8-.